The highest BCUT2D eigenvalue weighted by Gasteiger charge is 2.34. The Kier molecular flexibility index (Phi) is 14.1. The van der Waals surface area contributed by atoms with Crippen molar-refractivity contribution < 1.29 is 24.0 Å². The Balaban J connectivity index is 1.81. The van der Waals surface area contributed by atoms with Gasteiger partial charge in [0.15, 0.2) is 0 Å². The van der Waals surface area contributed by atoms with E-state index in [1.165, 1.54) is 6.42 Å². The van der Waals surface area contributed by atoms with Crippen LogP contribution in [0.4, 0.5) is 0 Å². The van der Waals surface area contributed by atoms with Crippen LogP contribution in [0.2, 0.25) is 0 Å². The molecule has 45 heavy (non-hydrogen) atoms. The van der Waals surface area contributed by atoms with Crippen LogP contribution < -0.4 is 10.6 Å². The van der Waals surface area contributed by atoms with Gasteiger partial charge in [0.25, 0.3) is 0 Å². The summed E-state index contributed by atoms with van der Waals surface area (Å²) in [5, 5.41) is 29.9. The van der Waals surface area contributed by atoms with Gasteiger partial charge in [-0.1, -0.05) is 88.4 Å². The number of terminal acetylenes is 1. The Bertz CT molecular complexity index is 1320. The maximum Gasteiger partial charge on any atom is 0.243 e. The summed E-state index contributed by atoms with van der Waals surface area (Å²) in [4.78, 5) is 27.6. The Labute approximate surface area is 272 Å². The van der Waals surface area contributed by atoms with Crippen LogP contribution in [0.5, 0.6) is 0 Å². The molecule has 1 fully saturated rings. The van der Waals surface area contributed by atoms with Crippen molar-refractivity contribution in [3.63, 3.8) is 0 Å². The minimum Gasteiger partial charge on any atom is -0.390 e. The Morgan fingerprint density at radius 1 is 1.00 bits per heavy atom. The van der Waals surface area contributed by atoms with Crippen molar-refractivity contribution in [3.05, 3.63) is 48.0 Å². The van der Waals surface area contributed by atoms with E-state index in [-0.39, 0.29) is 24.0 Å². The van der Waals surface area contributed by atoms with Gasteiger partial charge in [-0.25, -0.2) is 0 Å². The van der Waals surface area contributed by atoms with Crippen LogP contribution in [0.25, 0.3) is 10.8 Å². The standard InChI is InChI=1S/C37H54N2O5S/c1-7-13-31(36(43)39-32(23-26-14-9-8-10-15-26)34(41)33(40)20-25(2)3)38-35(42)30(24-45(44)37(4,5)6)22-27-18-19-28-16-11-12-17-29(28)21-27/h1,11-12,16-19,21,25-26,30-34,40-41H,8-10,13-15,20,22-24H2,2-6H3,(H,38,42)(H,39,43)/t30-,31+,32+,33+,34-,45?/m1/s1. The first-order valence-corrected chi connectivity index (χ1v) is 17.9. The van der Waals surface area contributed by atoms with Gasteiger partial charge in [-0.3, -0.25) is 13.8 Å². The van der Waals surface area contributed by atoms with E-state index in [9.17, 15) is 24.0 Å². The van der Waals surface area contributed by atoms with Crippen LogP contribution in [0.3, 0.4) is 0 Å². The molecule has 2 aromatic rings. The number of benzene rings is 2. The van der Waals surface area contributed by atoms with Gasteiger partial charge < -0.3 is 20.8 Å². The zero-order chi connectivity index (χ0) is 33.1. The molecule has 3 rings (SSSR count). The average Bonchev–Trinajstić information content (AvgIpc) is 2.99. The quantitative estimate of drug-likeness (QED) is 0.198. The maximum absolute atomic E-state index is 13.8. The second-order valence-corrected chi connectivity index (χ2v) is 16.5. The van der Waals surface area contributed by atoms with Gasteiger partial charge in [0, 0.05) is 27.7 Å². The molecule has 4 N–H and O–H groups in total. The van der Waals surface area contributed by atoms with Crippen LogP contribution in [0.15, 0.2) is 42.5 Å². The molecule has 1 aliphatic carbocycles. The van der Waals surface area contributed by atoms with Gasteiger partial charge in [0.1, 0.15) is 12.1 Å². The number of hydrogen-bond donors (Lipinski definition) is 4. The molecular weight excluding hydrogens is 584 g/mol. The molecule has 1 aliphatic rings. The van der Waals surface area contributed by atoms with Gasteiger partial charge in [-0.05, 0) is 68.2 Å². The number of nitrogens with one attached hydrogen (secondary N) is 2. The summed E-state index contributed by atoms with van der Waals surface area (Å²) in [6.45, 7) is 9.60. The van der Waals surface area contributed by atoms with Crippen molar-refractivity contribution >= 4 is 33.4 Å². The number of hydrogen-bond acceptors (Lipinski definition) is 5. The van der Waals surface area contributed by atoms with Crippen molar-refractivity contribution in [1.82, 2.24) is 10.6 Å². The van der Waals surface area contributed by atoms with Crippen LogP contribution in [-0.4, -0.2) is 61.0 Å². The second kappa shape index (κ2) is 17.3. The van der Waals surface area contributed by atoms with E-state index in [0.29, 0.717) is 25.2 Å². The van der Waals surface area contributed by atoms with Crippen LogP contribution in [0, 0.1) is 30.1 Å². The molecule has 248 valence electrons. The Morgan fingerprint density at radius 3 is 2.29 bits per heavy atom. The lowest BCUT2D eigenvalue weighted by Gasteiger charge is -2.33. The number of rotatable bonds is 15. The molecule has 0 aromatic heterocycles. The summed E-state index contributed by atoms with van der Waals surface area (Å²) in [7, 11) is -1.31. The second-order valence-electron chi connectivity index (χ2n) is 14.2. The fourth-order valence-electron chi connectivity index (χ4n) is 6.17. The SMILES string of the molecule is C#CC[C@H](NC(=O)[C@H](Cc1ccc2ccccc2c1)CS(=O)C(C)(C)C)C(=O)N[C@@H](CC1CCCCC1)[C@@H](O)[C@@H](O)CC(C)C. The summed E-state index contributed by atoms with van der Waals surface area (Å²) in [5.41, 5.74) is 0.938. The fourth-order valence-corrected chi connectivity index (χ4v) is 7.30. The normalized spacial score (nSPS) is 18.4. The average molecular weight is 639 g/mol. The van der Waals surface area contributed by atoms with Crippen LogP contribution >= 0.6 is 0 Å². The molecule has 0 saturated heterocycles. The molecule has 0 spiro atoms. The fraction of sp³-hybridized carbons (Fsp3) is 0.622. The lowest BCUT2D eigenvalue weighted by molar-refractivity contribution is -0.132. The molecule has 6 atom stereocenters. The van der Waals surface area contributed by atoms with Gasteiger partial charge in [-0.2, -0.15) is 0 Å². The highest BCUT2D eigenvalue weighted by molar-refractivity contribution is 7.86. The molecule has 1 unspecified atom stereocenters. The van der Waals surface area contributed by atoms with Gasteiger partial charge in [0.2, 0.25) is 11.8 Å². The highest BCUT2D eigenvalue weighted by Crippen LogP contribution is 2.29. The van der Waals surface area contributed by atoms with E-state index < -0.39 is 51.7 Å². The summed E-state index contributed by atoms with van der Waals surface area (Å²) < 4.78 is 12.7. The minimum atomic E-state index is -1.31. The number of carbonyl (C=O) groups is 2. The van der Waals surface area contributed by atoms with Gasteiger partial charge >= 0.3 is 0 Å². The summed E-state index contributed by atoms with van der Waals surface area (Å²) >= 11 is 0. The van der Waals surface area contributed by atoms with Crippen molar-refractivity contribution in [3.8, 4) is 12.3 Å². The van der Waals surface area contributed by atoms with E-state index >= 15 is 0 Å². The van der Waals surface area contributed by atoms with E-state index in [1.54, 1.807) is 0 Å². The molecule has 0 radical (unpaired) electrons. The van der Waals surface area contributed by atoms with Crippen molar-refractivity contribution in [2.75, 3.05) is 5.75 Å². The van der Waals surface area contributed by atoms with Crippen molar-refractivity contribution in [2.45, 2.75) is 121 Å². The number of carbonyl (C=O) groups excluding carboxylic acids is 2. The third-order valence-electron chi connectivity index (χ3n) is 8.82. The molecule has 8 heteroatoms. The summed E-state index contributed by atoms with van der Waals surface area (Å²) in [5.74, 6) is 1.63. The smallest absolute Gasteiger partial charge is 0.243 e. The minimum absolute atomic E-state index is 0.0383. The third-order valence-corrected chi connectivity index (χ3v) is 10.9. The zero-order valence-corrected chi connectivity index (χ0v) is 28.6. The number of aliphatic hydroxyl groups is 2. The van der Waals surface area contributed by atoms with E-state index in [4.69, 9.17) is 6.42 Å². The molecule has 0 bridgehead atoms. The van der Waals surface area contributed by atoms with Gasteiger partial charge in [-0.15, -0.1) is 12.3 Å². The first-order valence-electron chi connectivity index (χ1n) is 16.5. The first kappa shape index (κ1) is 36.7. The Morgan fingerprint density at radius 2 is 1.67 bits per heavy atom. The Hall–Kier alpha value is -2.73. The lowest BCUT2D eigenvalue weighted by Crippen LogP contribution is -2.56. The monoisotopic (exact) mass is 638 g/mol. The predicted molar refractivity (Wildman–Crippen MR) is 184 cm³/mol. The van der Waals surface area contributed by atoms with E-state index in [1.807, 2.05) is 77.1 Å². The zero-order valence-electron chi connectivity index (χ0n) is 27.8. The molecule has 2 amide bonds. The van der Waals surface area contributed by atoms with E-state index in [2.05, 4.69) is 16.6 Å². The summed E-state index contributed by atoms with van der Waals surface area (Å²) in [6, 6.07) is 12.3. The number of aliphatic hydroxyl groups excluding tert-OH is 2. The maximum atomic E-state index is 13.8. The molecule has 0 aliphatic heterocycles. The largest absolute Gasteiger partial charge is 0.390 e. The molecule has 7 nitrogen and oxygen atoms in total. The van der Waals surface area contributed by atoms with E-state index in [0.717, 1.165) is 42.0 Å². The lowest BCUT2D eigenvalue weighted by atomic mass is 9.82. The molecular formula is C37H54N2O5S. The van der Waals surface area contributed by atoms with Crippen molar-refractivity contribution in [2.24, 2.45) is 17.8 Å². The number of amides is 2. The predicted octanol–water partition coefficient (Wildman–Crippen LogP) is 5.28. The molecule has 0 heterocycles. The topological polar surface area (TPSA) is 116 Å². The van der Waals surface area contributed by atoms with Gasteiger partial charge in [0.05, 0.1) is 18.1 Å². The number of fused-ring (bicyclic) bond motifs is 1. The van der Waals surface area contributed by atoms with Crippen molar-refractivity contribution in [1.29, 1.82) is 0 Å². The first-order chi connectivity index (χ1) is 21.3. The van der Waals surface area contributed by atoms with Crippen LogP contribution in [0.1, 0.15) is 91.5 Å². The van der Waals surface area contributed by atoms with Crippen LogP contribution in [-0.2, 0) is 26.8 Å². The third kappa shape index (κ3) is 11.5. The highest BCUT2D eigenvalue weighted by atomic mass is 32.2. The molecule has 2 aromatic carbocycles. The molecule has 1 saturated carbocycles. The summed E-state index contributed by atoms with van der Waals surface area (Å²) in [6.07, 6.45) is 10.2.